The number of nitrogens with two attached hydrogens (primary N) is 1. The van der Waals surface area contributed by atoms with Crippen LogP contribution in [0.5, 0.6) is 0 Å². The van der Waals surface area contributed by atoms with Crippen LogP contribution in [0.4, 0.5) is 0 Å². The number of para-hydroxylation sites is 1. The molecule has 2 aromatic rings. The Morgan fingerprint density at radius 3 is 2.54 bits per heavy atom. The molecule has 2 atom stereocenters. The highest BCUT2D eigenvalue weighted by Crippen LogP contribution is 2.28. The standard InChI is InChI=1S/C30H39N5O4/c1-33-27-22(12-7-13-23(27)35(30(33)39)24-14-15-25(36)32-28(24)37)11-6-5-8-20-16-18-34(19-17-20)29(38)26(31)21-9-3-2-4-10-21/h7,12-13,20-21,24,26H,2-5,8-10,14-19,31H2,1H3,(H,32,36,37)/t24?,26-/m0/s1. The van der Waals surface area contributed by atoms with Gasteiger partial charge in [-0.2, -0.15) is 0 Å². The normalized spacial score (nSPS) is 21.9. The monoisotopic (exact) mass is 533 g/mol. The average molecular weight is 534 g/mol. The molecule has 0 radical (unpaired) electrons. The van der Waals surface area contributed by atoms with Crippen LogP contribution in [0.2, 0.25) is 0 Å². The number of benzene rings is 1. The number of imide groups is 1. The van der Waals surface area contributed by atoms with Crippen molar-refractivity contribution in [3.8, 4) is 11.8 Å². The Morgan fingerprint density at radius 2 is 1.82 bits per heavy atom. The topological polar surface area (TPSA) is 119 Å². The molecule has 1 aliphatic carbocycles. The number of nitrogens with one attached hydrogen (secondary N) is 1. The second-order valence-electron chi connectivity index (χ2n) is 11.4. The molecule has 9 heteroatoms. The molecule has 2 saturated heterocycles. The molecular formula is C30H39N5O4. The lowest BCUT2D eigenvalue weighted by molar-refractivity contribution is -0.136. The fourth-order valence-corrected chi connectivity index (χ4v) is 6.55. The van der Waals surface area contributed by atoms with Crippen molar-refractivity contribution in [3.63, 3.8) is 0 Å². The molecule has 3 heterocycles. The van der Waals surface area contributed by atoms with Gasteiger partial charge in [0.1, 0.15) is 6.04 Å². The van der Waals surface area contributed by atoms with Crippen LogP contribution in [0.15, 0.2) is 23.0 Å². The lowest BCUT2D eigenvalue weighted by Gasteiger charge is -2.36. The minimum Gasteiger partial charge on any atom is -0.341 e. The molecule has 2 aliphatic heterocycles. The molecule has 1 aromatic heterocycles. The highest BCUT2D eigenvalue weighted by atomic mass is 16.2. The number of carbonyl (C=O) groups is 3. The summed E-state index contributed by atoms with van der Waals surface area (Å²) in [4.78, 5) is 52.0. The SMILES string of the molecule is Cn1c(=O)n(C2CCC(=O)NC2=O)c2cccc(C#CCCC3CCN(C(=O)[C@@H](N)C4CCCCC4)CC3)c21. The molecular weight excluding hydrogens is 494 g/mol. The molecule has 0 bridgehead atoms. The maximum absolute atomic E-state index is 13.1. The van der Waals surface area contributed by atoms with Crippen molar-refractivity contribution >= 4 is 28.8 Å². The van der Waals surface area contributed by atoms with E-state index in [2.05, 4.69) is 17.2 Å². The summed E-state index contributed by atoms with van der Waals surface area (Å²) in [6.45, 7) is 1.54. The van der Waals surface area contributed by atoms with Crippen LogP contribution in [0.3, 0.4) is 0 Å². The maximum Gasteiger partial charge on any atom is 0.329 e. The van der Waals surface area contributed by atoms with Crippen LogP contribution in [0.25, 0.3) is 11.0 Å². The molecule has 1 saturated carbocycles. The predicted molar refractivity (Wildman–Crippen MR) is 149 cm³/mol. The Morgan fingerprint density at radius 1 is 1.08 bits per heavy atom. The van der Waals surface area contributed by atoms with Crippen LogP contribution in [-0.4, -0.2) is 50.9 Å². The molecule has 3 fully saturated rings. The zero-order chi connectivity index (χ0) is 27.5. The summed E-state index contributed by atoms with van der Waals surface area (Å²) in [5, 5.41) is 2.34. The van der Waals surface area contributed by atoms with Gasteiger partial charge in [0, 0.05) is 33.0 Å². The van der Waals surface area contributed by atoms with Gasteiger partial charge in [-0.05, 0) is 62.5 Å². The number of hydrogen-bond donors (Lipinski definition) is 2. The minimum absolute atomic E-state index is 0.128. The lowest BCUT2D eigenvalue weighted by atomic mass is 9.83. The summed E-state index contributed by atoms with van der Waals surface area (Å²) in [6.07, 6.45) is 9.94. The summed E-state index contributed by atoms with van der Waals surface area (Å²) >= 11 is 0. The van der Waals surface area contributed by atoms with Gasteiger partial charge in [-0.3, -0.25) is 28.8 Å². The van der Waals surface area contributed by atoms with Gasteiger partial charge < -0.3 is 10.6 Å². The van der Waals surface area contributed by atoms with Gasteiger partial charge in [0.2, 0.25) is 17.7 Å². The molecule has 3 aliphatic rings. The molecule has 3 amide bonds. The quantitative estimate of drug-likeness (QED) is 0.452. The zero-order valence-corrected chi connectivity index (χ0v) is 22.8. The first-order valence-electron chi connectivity index (χ1n) is 14.4. The van der Waals surface area contributed by atoms with Gasteiger partial charge in [-0.1, -0.05) is 37.2 Å². The zero-order valence-electron chi connectivity index (χ0n) is 22.8. The third kappa shape index (κ3) is 5.67. The Bertz CT molecular complexity index is 1370. The number of aryl methyl sites for hydroxylation is 1. The van der Waals surface area contributed by atoms with E-state index in [0.717, 1.165) is 57.2 Å². The highest BCUT2D eigenvalue weighted by molar-refractivity contribution is 6.00. The van der Waals surface area contributed by atoms with Crippen molar-refractivity contribution in [3.05, 3.63) is 34.2 Å². The van der Waals surface area contributed by atoms with Crippen molar-refractivity contribution in [1.82, 2.24) is 19.4 Å². The Kier molecular flexibility index (Phi) is 8.22. The van der Waals surface area contributed by atoms with Crippen molar-refractivity contribution in [2.45, 2.75) is 82.7 Å². The van der Waals surface area contributed by atoms with E-state index in [1.54, 1.807) is 7.05 Å². The van der Waals surface area contributed by atoms with E-state index in [0.29, 0.717) is 29.3 Å². The maximum atomic E-state index is 13.1. The third-order valence-corrected chi connectivity index (χ3v) is 8.89. The Hall–Kier alpha value is -3.38. The van der Waals surface area contributed by atoms with E-state index in [1.807, 2.05) is 23.1 Å². The molecule has 0 spiro atoms. The van der Waals surface area contributed by atoms with Gasteiger partial charge in [0.05, 0.1) is 22.6 Å². The fraction of sp³-hybridized carbons (Fsp3) is 0.600. The van der Waals surface area contributed by atoms with Crippen molar-refractivity contribution in [2.75, 3.05) is 13.1 Å². The molecule has 39 heavy (non-hydrogen) atoms. The first-order chi connectivity index (χ1) is 18.8. The van der Waals surface area contributed by atoms with Crippen molar-refractivity contribution < 1.29 is 14.4 Å². The van der Waals surface area contributed by atoms with Gasteiger partial charge in [-0.15, -0.1) is 0 Å². The number of carbonyl (C=O) groups excluding carboxylic acids is 3. The molecule has 1 unspecified atom stereocenters. The molecule has 208 valence electrons. The first-order valence-corrected chi connectivity index (χ1v) is 14.4. The summed E-state index contributed by atoms with van der Waals surface area (Å²) in [6, 6.07) is 4.50. The highest BCUT2D eigenvalue weighted by Gasteiger charge is 2.32. The van der Waals surface area contributed by atoms with Gasteiger partial charge >= 0.3 is 5.69 Å². The number of rotatable bonds is 5. The predicted octanol–water partition coefficient (Wildman–Crippen LogP) is 2.60. The number of hydrogen-bond acceptors (Lipinski definition) is 5. The first kappa shape index (κ1) is 27.2. The van der Waals surface area contributed by atoms with Crippen LogP contribution in [0, 0.1) is 23.7 Å². The van der Waals surface area contributed by atoms with Gasteiger partial charge in [-0.25, -0.2) is 4.79 Å². The second kappa shape index (κ2) is 11.8. The molecule has 9 nitrogen and oxygen atoms in total. The molecule has 3 N–H and O–H groups in total. The lowest BCUT2D eigenvalue weighted by Crippen LogP contribution is -2.50. The van der Waals surface area contributed by atoms with E-state index >= 15 is 0 Å². The number of amides is 3. The average Bonchev–Trinajstić information content (AvgIpc) is 3.21. The minimum atomic E-state index is -0.711. The second-order valence-corrected chi connectivity index (χ2v) is 11.4. The van der Waals surface area contributed by atoms with Gasteiger partial charge in [0.25, 0.3) is 0 Å². The van der Waals surface area contributed by atoms with E-state index in [1.165, 1.54) is 28.4 Å². The van der Waals surface area contributed by atoms with E-state index < -0.39 is 11.9 Å². The number of piperidine rings is 2. The third-order valence-electron chi connectivity index (χ3n) is 8.89. The Labute approximate surface area is 229 Å². The van der Waals surface area contributed by atoms with Crippen LogP contribution in [-0.2, 0) is 21.4 Å². The van der Waals surface area contributed by atoms with Crippen molar-refractivity contribution in [2.24, 2.45) is 24.6 Å². The largest absolute Gasteiger partial charge is 0.341 e. The van der Waals surface area contributed by atoms with Crippen LogP contribution < -0.4 is 16.7 Å². The number of likely N-dealkylation sites (tertiary alicyclic amines) is 1. The van der Waals surface area contributed by atoms with E-state index in [9.17, 15) is 19.2 Å². The Balaban J connectivity index is 1.19. The van der Waals surface area contributed by atoms with Crippen LogP contribution >= 0.6 is 0 Å². The van der Waals surface area contributed by atoms with E-state index in [4.69, 9.17) is 5.73 Å². The van der Waals surface area contributed by atoms with Gasteiger partial charge in [0.15, 0.2) is 0 Å². The number of aromatic nitrogens is 2. The van der Waals surface area contributed by atoms with Crippen LogP contribution in [0.1, 0.15) is 82.2 Å². The molecule has 1 aromatic carbocycles. The van der Waals surface area contributed by atoms with Crippen molar-refractivity contribution in [1.29, 1.82) is 0 Å². The number of nitrogens with zero attached hydrogens (tertiary/aromatic N) is 3. The smallest absolute Gasteiger partial charge is 0.329 e. The molecule has 5 rings (SSSR count). The fourth-order valence-electron chi connectivity index (χ4n) is 6.55. The summed E-state index contributed by atoms with van der Waals surface area (Å²) in [5.74, 6) is 6.78. The summed E-state index contributed by atoms with van der Waals surface area (Å²) < 4.78 is 3.02. The number of fused-ring (bicyclic) bond motifs is 1. The number of imidazole rings is 1. The summed E-state index contributed by atoms with van der Waals surface area (Å²) in [7, 11) is 1.69. The van der Waals surface area contributed by atoms with E-state index in [-0.39, 0.29) is 30.0 Å². The summed E-state index contributed by atoms with van der Waals surface area (Å²) in [5.41, 5.74) is 8.15.